The van der Waals surface area contributed by atoms with Gasteiger partial charge in [0.15, 0.2) is 0 Å². The molecule has 0 bridgehead atoms. The molecule has 27 heavy (non-hydrogen) atoms. The normalized spacial score (nSPS) is 16.3. The number of nitrogens with one attached hydrogen (secondary N) is 1. The van der Waals surface area contributed by atoms with Crippen LogP contribution < -0.4 is 11.1 Å². The van der Waals surface area contributed by atoms with Crippen LogP contribution in [0, 0.1) is 0 Å². The summed E-state index contributed by atoms with van der Waals surface area (Å²) in [6.45, 7) is 1.97. The van der Waals surface area contributed by atoms with Crippen molar-refractivity contribution in [3.8, 4) is 0 Å². The molecule has 0 spiro atoms. The maximum Gasteiger partial charge on any atom is 0.316 e. The van der Waals surface area contributed by atoms with Crippen molar-refractivity contribution >= 4 is 17.6 Å². The van der Waals surface area contributed by atoms with Gasteiger partial charge in [0.05, 0.1) is 6.10 Å². The van der Waals surface area contributed by atoms with Crippen molar-refractivity contribution in [2.45, 2.75) is 25.4 Å². The van der Waals surface area contributed by atoms with Crippen LogP contribution in [0.25, 0.3) is 0 Å². The van der Waals surface area contributed by atoms with E-state index in [1.54, 1.807) is 29.2 Å². The molecule has 0 radical (unpaired) electrons. The number of amides is 3. The second kappa shape index (κ2) is 9.19. The van der Waals surface area contributed by atoms with Crippen LogP contribution in [-0.2, 0) is 11.2 Å². The fourth-order valence-corrected chi connectivity index (χ4v) is 3.27. The molecule has 3 rings (SSSR count). The minimum Gasteiger partial charge on any atom is -0.376 e. The van der Waals surface area contributed by atoms with Gasteiger partial charge in [-0.3, -0.25) is 4.79 Å². The molecule has 1 aliphatic rings. The van der Waals surface area contributed by atoms with Crippen LogP contribution in [0.2, 0.25) is 0 Å². The lowest BCUT2D eigenvalue weighted by Gasteiger charge is -2.17. The van der Waals surface area contributed by atoms with Gasteiger partial charge in [0.2, 0.25) is 0 Å². The average molecular weight is 367 g/mol. The molecular weight excluding hydrogens is 342 g/mol. The Morgan fingerprint density at radius 3 is 2.74 bits per heavy atom. The van der Waals surface area contributed by atoms with Crippen LogP contribution in [0.1, 0.15) is 28.8 Å². The summed E-state index contributed by atoms with van der Waals surface area (Å²) in [6, 6.07) is 16.5. The Kier molecular flexibility index (Phi) is 6.44. The molecule has 1 heterocycles. The molecule has 0 saturated carbocycles. The molecule has 1 atom stereocenters. The van der Waals surface area contributed by atoms with E-state index in [4.69, 9.17) is 10.5 Å². The first-order valence-corrected chi connectivity index (χ1v) is 9.23. The molecule has 1 aliphatic heterocycles. The van der Waals surface area contributed by atoms with Gasteiger partial charge < -0.3 is 20.7 Å². The molecule has 3 amide bonds. The van der Waals surface area contributed by atoms with Crippen LogP contribution in [0.3, 0.4) is 0 Å². The number of ether oxygens (including phenoxy) is 1. The highest BCUT2D eigenvalue weighted by Gasteiger charge is 2.27. The van der Waals surface area contributed by atoms with Gasteiger partial charge >= 0.3 is 6.03 Å². The van der Waals surface area contributed by atoms with Crippen molar-refractivity contribution in [1.82, 2.24) is 4.90 Å². The highest BCUT2D eigenvalue weighted by atomic mass is 16.5. The number of hydrogen-bond donors (Lipinski definition) is 2. The van der Waals surface area contributed by atoms with Gasteiger partial charge in [-0.1, -0.05) is 36.4 Å². The summed E-state index contributed by atoms with van der Waals surface area (Å²) in [5.41, 5.74) is 7.49. The third-order valence-electron chi connectivity index (χ3n) is 4.62. The SMILES string of the molecule is NC(=O)Nc1cccc(C(=O)N2CCC(OCCCc3ccccc3)C2)c1. The quantitative estimate of drug-likeness (QED) is 0.738. The highest BCUT2D eigenvalue weighted by molar-refractivity contribution is 5.96. The van der Waals surface area contributed by atoms with Gasteiger partial charge in [0.1, 0.15) is 0 Å². The number of carbonyl (C=O) groups excluding carboxylic acids is 2. The molecule has 0 aliphatic carbocycles. The zero-order valence-corrected chi connectivity index (χ0v) is 15.3. The number of likely N-dealkylation sites (tertiary alicyclic amines) is 1. The first kappa shape index (κ1) is 18.9. The number of nitrogens with two attached hydrogens (primary N) is 1. The number of hydrogen-bond acceptors (Lipinski definition) is 3. The van der Waals surface area contributed by atoms with E-state index in [-0.39, 0.29) is 12.0 Å². The fourth-order valence-electron chi connectivity index (χ4n) is 3.27. The minimum absolute atomic E-state index is 0.0569. The molecule has 1 unspecified atom stereocenters. The molecule has 1 fully saturated rings. The molecule has 2 aromatic rings. The monoisotopic (exact) mass is 367 g/mol. The van der Waals surface area contributed by atoms with Crippen molar-refractivity contribution in [1.29, 1.82) is 0 Å². The Hall–Kier alpha value is -2.86. The largest absolute Gasteiger partial charge is 0.376 e. The smallest absolute Gasteiger partial charge is 0.316 e. The highest BCUT2D eigenvalue weighted by Crippen LogP contribution is 2.18. The standard InChI is InChI=1S/C21H25N3O3/c22-21(26)23-18-10-4-9-17(14-18)20(25)24-12-11-19(15-24)27-13-5-8-16-6-2-1-3-7-16/h1-4,6-7,9-10,14,19H,5,8,11-13,15H2,(H3,22,23,26). The summed E-state index contributed by atoms with van der Waals surface area (Å²) in [5, 5.41) is 2.49. The van der Waals surface area contributed by atoms with Gasteiger partial charge in [-0.25, -0.2) is 4.79 Å². The predicted molar refractivity (Wildman–Crippen MR) is 105 cm³/mol. The maximum absolute atomic E-state index is 12.7. The Morgan fingerprint density at radius 2 is 1.96 bits per heavy atom. The second-order valence-electron chi connectivity index (χ2n) is 6.69. The average Bonchev–Trinajstić information content (AvgIpc) is 3.14. The topological polar surface area (TPSA) is 84.7 Å². The maximum atomic E-state index is 12.7. The lowest BCUT2D eigenvalue weighted by molar-refractivity contribution is 0.0525. The lowest BCUT2D eigenvalue weighted by Crippen LogP contribution is -2.30. The van der Waals surface area contributed by atoms with E-state index in [0.717, 1.165) is 19.3 Å². The van der Waals surface area contributed by atoms with Gasteiger partial charge in [-0.05, 0) is 43.0 Å². The first-order valence-electron chi connectivity index (χ1n) is 9.23. The molecule has 142 valence electrons. The Morgan fingerprint density at radius 1 is 1.15 bits per heavy atom. The number of rotatable bonds is 7. The Labute approximate surface area is 159 Å². The van der Waals surface area contributed by atoms with Crippen molar-refractivity contribution in [2.24, 2.45) is 5.73 Å². The number of anilines is 1. The molecule has 2 aromatic carbocycles. The minimum atomic E-state index is -0.648. The number of urea groups is 1. The first-order chi connectivity index (χ1) is 13.1. The molecule has 0 aromatic heterocycles. The summed E-state index contributed by atoms with van der Waals surface area (Å²) in [7, 11) is 0. The van der Waals surface area contributed by atoms with Gasteiger partial charge in [0, 0.05) is 30.9 Å². The van der Waals surface area contributed by atoms with Crippen LogP contribution in [-0.4, -0.2) is 42.6 Å². The van der Waals surface area contributed by atoms with Gasteiger partial charge in [0.25, 0.3) is 5.91 Å². The Bertz CT molecular complexity index is 779. The van der Waals surface area contributed by atoms with E-state index >= 15 is 0 Å². The van der Waals surface area contributed by atoms with Crippen molar-refractivity contribution in [3.05, 3.63) is 65.7 Å². The van der Waals surface area contributed by atoms with E-state index in [0.29, 0.717) is 30.9 Å². The number of benzene rings is 2. The van der Waals surface area contributed by atoms with E-state index in [1.807, 2.05) is 18.2 Å². The number of aryl methyl sites for hydroxylation is 1. The summed E-state index contributed by atoms with van der Waals surface area (Å²) in [6.07, 6.45) is 2.89. The van der Waals surface area contributed by atoms with Crippen LogP contribution >= 0.6 is 0 Å². The summed E-state index contributed by atoms with van der Waals surface area (Å²) in [5.74, 6) is -0.0569. The van der Waals surface area contributed by atoms with Gasteiger partial charge in [-0.15, -0.1) is 0 Å². The predicted octanol–water partition coefficient (Wildman–Crippen LogP) is 3.04. The molecule has 6 nitrogen and oxygen atoms in total. The van der Waals surface area contributed by atoms with E-state index in [1.165, 1.54) is 5.56 Å². The summed E-state index contributed by atoms with van der Waals surface area (Å²) in [4.78, 5) is 25.4. The number of primary amides is 1. The van der Waals surface area contributed by atoms with Crippen LogP contribution in [0.15, 0.2) is 54.6 Å². The lowest BCUT2D eigenvalue weighted by atomic mass is 10.1. The van der Waals surface area contributed by atoms with Crippen LogP contribution in [0.4, 0.5) is 10.5 Å². The molecule has 3 N–H and O–H groups in total. The van der Waals surface area contributed by atoms with E-state index in [2.05, 4.69) is 17.4 Å². The second-order valence-corrected chi connectivity index (χ2v) is 6.69. The molecule has 1 saturated heterocycles. The number of nitrogens with zero attached hydrogens (tertiary/aromatic N) is 1. The van der Waals surface area contributed by atoms with Crippen molar-refractivity contribution in [2.75, 3.05) is 25.0 Å². The molecular formula is C21H25N3O3. The van der Waals surface area contributed by atoms with Crippen molar-refractivity contribution in [3.63, 3.8) is 0 Å². The molecule has 6 heteroatoms. The van der Waals surface area contributed by atoms with E-state index in [9.17, 15) is 9.59 Å². The number of carbonyl (C=O) groups is 2. The zero-order valence-electron chi connectivity index (χ0n) is 15.3. The van der Waals surface area contributed by atoms with Gasteiger partial charge in [-0.2, -0.15) is 0 Å². The summed E-state index contributed by atoms with van der Waals surface area (Å²) < 4.78 is 5.95. The fraction of sp³-hybridized carbons (Fsp3) is 0.333. The third-order valence-corrected chi connectivity index (χ3v) is 4.62. The Balaban J connectivity index is 1.44. The van der Waals surface area contributed by atoms with E-state index < -0.39 is 6.03 Å². The van der Waals surface area contributed by atoms with Crippen molar-refractivity contribution < 1.29 is 14.3 Å². The zero-order chi connectivity index (χ0) is 19.1. The third kappa shape index (κ3) is 5.56. The van der Waals surface area contributed by atoms with Crippen LogP contribution in [0.5, 0.6) is 0 Å². The summed E-state index contributed by atoms with van der Waals surface area (Å²) >= 11 is 0.